The summed E-state index contributed by atoms with van der Waals surface area (Å²) in [6.45, 7) is 6.16. The summed E-state index contributed by atoms with van der Waals surface area (Å²) in [5.74, 6) is -1.35. The third-order valence-electron chi connectivity index (χ3n) is 5.04. The van der Waals surface area contributed by atoms with Crippen molar-refractivity contribution in [1.29, 1.82) is 0 Å². The lowest BCUT2D eigenvalue weighted by Gasteiger charge is -2.34. The molecule has 0 spiro atoms. The van der Waals surface area contributed by atoms with Gasteiger partial charge in [-0.3, -0.25) is 9.69 Å². The van der Waals surface area contributed by atoms with Crippen LogP contribution in [0.2, 0.25) is 0 Å². The number of likely N-dealkylation sites (tertiary alicyclic amines) is 1. The van der Waals surface area contributed by atoms with Crippen molar-refractivity contribution in [2.24, 2.45) is 0 Å². The summed E-state index contributed by atoms with van der Waals surface area (Å²) >= 11 is 0. The predicted octanol–water partition coefficient (Wildman–Crippen LogP) is 1.04. The summed E-state index contributed by atoms with van der Waals surface area (Å²) in [6, 6.07) is 2.05. The fourth-order valence-corrected chi connectivity index (χ4v) is 3.90. The van der Waals surface area contributed by atoms with Gasteiger partial charge in [-0.25, -0.2) is 14.2 Å². The molecule has 0 aromatic carbocycles. The molecule has 4 rings (SSSR count). The van der Waals surface area contributed by atoms with Crippen LogP contribution in [0.25, 0.3) is 11.0 Å². The van der Waals surface area contributed by atoms with Crippen LogP contribution in [0.5, 0.6) is 0 Å². The Morgan fingerprint density at radius 2 is 2.31 bits per heavy atom. The number of pyridine rings is 2. The molecule has 2 atom stereocenters. The van der Waals surface area contributed by atoms with Gasteiger partial charge in [-0.1, -0.05) is 0 Å². The quantitative estimate of drug-likeness (QED) is 0.793. The Morgan fingerprint density at radius 3 is 3.00 bits per heavy atom. The first-order valence-corrected chi connectivity index (χ1v) is 8.70. The number of carbonyl (C=O) groups excluding carboxylic acids is 1. The fraction of sp³-hybridized carbons (Fsp3) is 0.500. The van der Waals surface area contributed by atoms with Crippen molar-refractivity contribution >= 4 is 17.0 Å². The highest BCUT2D eigenvalue weighted by molar-refractivity contribution is 5.93. The van der Waals surface area contributed by atoms with Crippen molar-refractivity contribution in [3.05, 3.63) is 40.1 Å². The summed E-state index contributed by atoms with van der Waals surface area (Å²) in [7, 11) is 0. The zero-order valence-corrected chi connectivity index (χ0v) is 14.7. The monoisotopic (exact) mass is 360 g/mol. The van der Waals surface area contributed by atoms with Crippen LogP contribution in [0.3, 0.4) is 0 Å². The van der Waals surface area contributed by atoms with E-state index in [9.17, 15) is 14.0 Å². The number of hydrogen-bond acceptors (Lipinski definition) is 6. The topological polar surface area (TPSA) is 87.3 Å². The minimum Gasteiger partial charge on any atom is -0.455 e. The second kappa shape index (κ2) is 6.14. The van der Waals surface area contributed by atoms with E-state index in [1.807, 2.05) is 13.8 Å². The number of H-pyrrole nitrogens is 1. The van der Waals surface area contributed by atoms with Crippen LogP contribution in [0.1, 0.15) is 30.6 Å². The number of ether oxygens (including phenoxy) is 1. The zero-order chi connectivity index (χ0) is 18.5. The SMILES string of the molecule is CC(C)(CN1CC2CC1CN2)OC(=O)c1c[nH]c2ncc(F)cc2c1=O. The number of aromatic amines is 1. The smallest absolute Gasteiger partial charge is 0.344 e. The highest BCUT2D eigenvalue weighted by Crippen LogP contribution is 2.26. The maximum atomic E-state index is 13.4. The highest BCUT2D eigenvalue weighted by atomic mass is 19.1. The molecule has 7 nitrogen and oxygen atoms in total. The Morgan fingerprint density at radius 1 is 1.50 bits per heavy atom. The van der Waals surface area contributed by atoms with E-state index in [0.717, 1.165) is 31.8 Å². The van der Waals surface area contributed by atoms with Crippen LogP contribution in [0.4, 0.5) is 4.39 Å². The minimum atomic E-state index is -0.747. The van der Waals surface area contributed by atoms with E-state index in [2.05, 4.69) is 20.2 Å². The lowest BCUT2D eigenvalue weighted by Crippen LogP contribution is -2.50. The largest absolute Gasteiger partial charge is 0.455 e. The van der Waals surface area contributed by atoms with Crippen LogP contribution in [-0.2, 0) is 4.74 Å². The Hall–Kier alpha value is -2.32. The molecular weight excluding hydrogens is 339 g/mol. The van der Waals surface area contributed by atoms with E-state index < -0.39 is 22.8 Å². The maximum Gasteiger partial charge on any atom is 0.344 e. The summed E-state index contributed by atoms with van der Waals surface area (Å²) in [4.78, 5) is 33.9. The molecule has 2 aromatic heterocycles. The standard InChI is InChI=1S/C18H21FN4O3/c1-18(2,9-23-8-11-4-12(23)6-20-11)26-17(25)14-7-22-16-13(15(14)24)3-10(19)5-21-16/h3,5,7,11-12,20H,4,6,8-9H2,1-2H3,(H,21,22,24). The fourth-order valence-electron chi connectivity index (χ4n) is 3.90. The number of nitrogens with zero attached hydrogens (tertiary/aromatic N) is 2. The van der Waals surface area contributed by atoms with Crippen molar-refractivity contribution in [3.8, 4) is 0 Å². The second-order valence-electron chi connectivity index (χ2n) is 7.65. The summed E-state index contributed by atoms with van der Waals surface area (Å²) < 4.78 is 19.0. The predicted molar refractivity (Wildman–Crippen MR) is 93.6 cm³/mol. The lowest BCUT2D eigenvalue weighted by molar-refractivity contribution is -0.0198. The van der Waals surface area contributed by atoms with E-state index in [0.29, 0.717) is 18.6 Å². The number of nitrogens with one attached hydrogen (secondary N) is 2. The van der Waals surface area contributed by atoms with Crippen molar-refractivity contribution in [3.63, 3.8) is 0 Å². The molecule has 8 heteroatoms. The van der Waals surface area contributed by atoms with E-state index >= 15 is 0 Å². The lowest BCUT2D eigenvalue weighted by atomic mass is 10.1. The van der Waals surface area contributed by atoms with E-state index in [1.54, 1.807) is 0 Å². The molecule has 2 aromatic rings. The van der Waals surface area contributed by atoms with Crippen LogP contribution in [0.15, 0.2) is 23.3 Å². The zero-order valence-electron chi connectivity index (χ0n) is 14.7. The van der Waals surface area contributed by atoms with Crippen molar-refractivity contribution < 1.29 is 13.9 Å². The van der Waals surface area contributed by atoms with Crippen LogP contribution in [-0.4, -0.2) is 58.2 Å². The van der Waals surface area contributed by atoms with Crippen LogP contribution in [0, 0.1) is 5.82 Å². The van der Waals surface area contributed by atoms with Gasteiger partial charge in [-0.15, -0.1) is 0 Å². The molecule has 2 fully saturated rings. The third-order valence-corrected chi connectivity index (χ3v) is 5.04. The average molecular weight is 360 g/mol. The number of hydrogen-bond donors (Lipinski definition) is 2. The number of aromatic nitrogens is 2. The second-order valence-corrected chi connectivity index (χ2v) is 7.65. The van der Waals surface area contributed by atoms with Gasteiger partial charge in [0.15, 0.2) is 0 Å². The van der Waals surface area contributed by atoms with Crippen molar-refractivity contribution in [2.75, 3.05) is 19.6 Å². The number of carbonyl (C=O) groups is 1. The van der Waals surface area contributed by atoms with Crippen LogP contribution >= 0.6 is 0 Å². The molecule has 2 unspecified atom stereocenters. The Kier molecular flexibility index (Phi) is 4.04. The first-order chi connectivity index (χ1) is 12.3. The molecule has 26 heavy (non-hydrogen) atoms. The molecule has 2 aliphatic heterocycles. The van der Waals surface area contributed by atoms with Gasteiger partial charge in [-0.05, 0) is 26.3 Å². The number of rotatable bonds is 4. The van der Waals surface area contributed by atoms with Gasteiger partial charge in [0, 0.05) is 37.9 Å². The molecule has 0 radical (unpaired) electrons. The molecule has 0 aliphatic carbocycles. The molecule has 0 saturated carbocycles. The summed E-state index contributed by atoms with van der Waals surface area (Å²) in [5.41, 5.74) is -1.25. The Bertz CT molecular complexity index is 926. The molecule has 138 valence electrons. The van der Waals surface area contributed by atoms with Gasteiger partial charge >= 0.3 is 5.97 Å². The van der Waals surface area contributed by atoms with Gasteiger partial charge in [0.1, 0.15) is 22.6 Å². The maximum absolute atomic E-state index is 13.4. The first kappa shape index (κ1) is 17.1. The molecule has 4 heterocycles. The van der Waals surface area contributed by atoms with E-state index in [4.69, 9.17) is 4.74 Å². The molecule has 2 bridgehead atoms. The number of piperazine rings is 1. The molecule has 0 amide bonds. The minimum absolute atomic E-state index is 0.0279. The number of fused-ring (bicyclic) bond motifs is 3. The molecule has 2 aliphatic rings. The van der Waals surface area contributed by atoms with Gasteiger partial charge in [0.25, 0.3) is 0 Å². The van der Waals surface area contributed by atoms with Crippen molar-refractivity contribution in [2.45, 2.75) is 38.0 Å². The third kappa shape index (κ3) is 3.10. The van der Waals surface area contributed by atoms with E-state index in [-0.39, 0.29) is 16.6 Å². The van der Waals surface area contributed by atoms with Gasteiger partial charge in [0.05, 0.1) is 11.6 Å². The Balaban J connectivity index is 1.53. The summed E-state index contributed by atoms with van der Waals surface area (Å²) in [5, 5.41) is 3.46. The Labute approximate surface area is 149 Å². The molecule has 2 saturated heterocycles. The normalized spacial score (nSPS) is 22.9. The van der Waals surface area contributed by atoms with Gasteiger partial charge in [0.2, 0.25) is 5.43 Å². The van der Waals surface area contributed by atoms with Crippen molar-refractivity contribution in [1.82, 2.24) is 20.2 Å². The first-order valence-electron chi connectivity index (χ1n) is 8.70. The molecular formula is C18H21FN4O3. The van der Waals surface area contributed by atoms with E-state index in [1.165, 1.54) is 6.20 Å². The summed E-state index contributed by atoms with van der Waals surface area (Å²) in [6.07, 6.45) is 3.40. The number of halogens is 1. The average Bonchev–Trinajstić information content (AvgIpc) is 3.17. The highest BCUT2D eigenvalue weighted by Gasteiger charge is 2.40. The number of esters is 1. The van der Waals surface area contributed by atoms with Gasteiger partial charge < -0.3 is 15.0 Å². The molecule has 2 N–H and O–H groups in total. The van der Waals surface area contributed by atoms with Gasteiger partial charge in [-0.2, -0.15) is 0 Å². The van der Waals surface area contributed by atoms with Crippen LogP contribution < -0.4 is 10.7 Å².